The normalized spacial score (nSPS) is 14.4. The number of nitrogens with two attached hydrogens (primary N) is 1. The minimum Gasteiger partial charge on any atom is -0.390 e. The van der Waals surface area contributed by atoms with E-state index in [0.717, 1.165) is 37.6 Å². The van der Waals surface area contributed by atoms with E-state index in [-0.39, 0.29) is 5.41 Å². The number of hydrogen-bond acceptors (Lipinski definition) is 2. The molecule has 0 bridgehead atoms. The fraction of sp³-hybridized carbons (Fsp3) is 0.405. The van der Waals surface area contributed by atoms with Crippen molar-refractivity contribution in [1.82, 2.24) is 0 Å². The van der Waals surface area contributed by atoms with Crippen molar-refractivity contribution in [2.24, 2.45) is 11.7 Å². The fourth-order valence-corrected chi connectivity index (χ4v) is 3.73. The van der Waals surface area contributed by atoms with Crippen LogP contribution in [0.25, 0.3) is 0 Å². The highest BCUT2D eigenvalue weighted by molar-refractivity contribution is 5.98. The molecule has 0 heterocycles. The van der Waals surface area contributed by atoms with Crippen LogP contribution in [-0.4, -0.2) is 12.1 Å². The molecule has 2 rings (SSSR count). The maximum Gasteiger partial charge on any atom is 0.0765 e. The molecule has 0 radical (unpaired) electrons. The zero-order chi connectivity index (χ0) is 31.0. The van der Waals surface area contributed by atoms with Gasteiger partial charge >= 0.3 is 0 Å². The average molecular weight is 542 g/mol. The van der Waals surface area contributed by atoms with E-state index in [1.807, 2.05) is 26.0 Å². The lowest BCUT2D eigenvalue weighted by molar-refractivity contribution is 0.588. The molecule has 0 amide bonds. The lowest BCUT2D eigenvalue weighted by Gasteiger charge is -2.21. The first-order valence-corrected chi connectivity index (χ1v) is 14.3. The van der Waals surface area contributed by atoms with Gasteiger partial charge in [-0.15, -0.1) is 12.3 Å². The summed E-state index contributed by atoms with van der Waals surface area (Å²) in [7, 11) is 0. The number of allylic oxidation sites excluding steroid dienone is 11. The van der Waals surface area contributed by atoms with E-state index < -0.39 is 0 Å². The van der Waals surface area contributed by atoms with Crippen molar-refractivity contribution >= 4 is 12.1 Å². The molecular formula is C37H55N3. The summed E-state index contributed by atoms with van der Waals surface area (Å²) >= 11 is 0. The molecule has 0 aromatic heterocycles. The van der Waals surface area contributed by atoms with Crippen LogP contribution in [0, 0.1) is 29.1 Å². The smallest absolute Gasteiger partial charge is 0.0765 e. The summed E-state index contributed by atoms with van der Waals surface area (Å²) in [4.78, 5) is 0. The minimum atomic E-state index is 0.148. The van der Waals surface area contributed by atoms with Gasteiger partial charge in [-0.05, 0) is 79.5 Å². The Morgan fingerprint density at radius 2 is 1.73 bits per heavy atom. The maximum absolute atomic E-state index is 7.79. The first-order valence-electron chi connectivity index (χ1n) is 14.3. The highest BCUT2D eigenvalue weighted by atomic mass is 14.6. The molecule has 218 valence electrons. The van der Waals surface area contributed by atoms with Crippen molar-refractivity contribution in [2.75, 3.05) is 0 Å². The molecule has 1 atom stereocenters. The summed E-state index contributed by atoms with van der Waals surface area (Å²) in [6.07, 6.45) is 29.8. The van der Waals surface area contributed by atoms with E-state index in [4.69, 9.17) is 10.8 Å². The fourth-order valence-electron chi connectivity index (χ4n) is 3.73. The van der Waals surface area contributed by atoms with Crippen LogP contribution >= 0.6 is 0 Å². The van der Waals surface area contributed by atoms with Gasteiger partial charge in [0, 0.05) is 5.71 Å². The number of terminal acetylenes is 1. The number of aryl methyl sites for hydroxylation is 1. The average Bonchev–Trinajstić information content (AvgIpc) is 2.91. The summed E-state index contributed by atoms with van der Waals surface area (Å²) in [6, 6.07) is 7.15. The first kappa shape index (κ1) is 38.5. The van der Waals surface area contributed by atoms with Crippen LogP contribution in [0.1, 0.15) is 91.3 Å². The van der Waals surface area contributed by atoms with Gasteiger partial charge in [0.15, 0.2) is 0 Å². The maximum atomic E-state index is 7.79. The summed E-state index contributed by atoms with van der Waals surface area (Å²) < 4.78 is 0. The van der Waals surface area contributed by atoms with E-state index in [2.05, 4.69) is 107 Å². The molecule has 1 unspecified atom stereocenters. The predicted octanol–water partition coefficient (Wildman–Crippen LogP) is 9.85. The van der Waals surface area contributed by atoms with E-state index in [1.165, 1.54) is 28.7 Å². The second kappa shape index (κ2) is 23.3. The number of benzene rings is 1. The highest BCUT2D eigenvalue weighted by Crippen LogP contribution is 2.27. The van der Waals surface area contributed by atoms with Gasteiger partial charge in [0.2, 0.25) is 0 Å². The quantitative estimate of drug-likeness (QED) is 0.0890. The topological polar surface area (TPSA) is 73.7 Å². The van der Waals surface area contributed by atoms with E-state index in [9.17, 15) is 0 Å². The van der Waals surface area contributed by atoms with Crippen molar-refractivity contribution in [1.29, 1.82) is 10.8 Å². The zero-order valence-electron chi connectivity index (χ0n) is 26.5. The van der Waals surface area contributed by atoms with Crippen LogP contribution < -0.4 is 5.73 Å². The molecular weight excluding hydrogens is 486 g/mol. The van der Waals surface area contributed by atoms with Gasteiger partial charge in [-0.2, -0.15) is 0 Å². The summed E-state index contributed by atoms with van der Waals surface area (Å²) in [5.74, 6) is 2.93. The van der Waals surface area contributed by atoms with Crippen LogP contribution in [0.5, 0.6) is 0 Å². The monoisotopic (exact) mass is 541 g/mol. The Balaban J connectivity index is 0. The second-order valence-corrected chi connectivity index (χ2v) is 10.4. The third-order valence-electron chi connectivity index (χ3n) is 5.83. The molecule has 1 aliphatic rings. The van der Waals surface area contributed by atoms with Crippen molar-refractivity contribution < 1.29 is 0 Å². The second-order valence-electron chi connectivity index (χ2n) is 10.4. The van der Waals surface area contributed by atoms with Crippen LogP contribution in [0.3, 0.4) is 0 Å². The van der Waals surface area contributed by atoms with Gasteiger partial charge in [0.05, 0.1) is 6.34 Å². The molecule has 40 heavy (non-hydrogen) atoms. The molecule has 0 spiro atoms. The largest absolute Gasteiger partial charge is 0.390 e. The van der Waals surface area contributed by atoms with E-state index in [0.29, 0.717) is 11.6 Å². The number of hydrogen-bond donors (Lipinski definition) is 3. The Kier molecular flexibility index (Phi) is 22.4. The van der Waals surface area contributed by atoms with Gasteiger partial charge in [-0.25, -0.2) is 0 Å². The van der Waals surface area contributed by atoms with Gasteiger partial charge in [-0.3, -0.25) is 5.41 Å². The van der Waals surface area contributed by atoms with Crippen molar-refractivity contribution in [3.8, 4) is 12.3 Å². The number of rotatable bonds is 10. The highest BCUT2D eigenvalue weighted by Gasteiger charge is 2.15. The first-order chi connectivity index (χ1) is 19.0. The van der Waals surface area contributed by atoms with Gasteiger partial charge < -0.3 is 11.1 Å². The van der Waals surface area contributed by atoms with Crippen LogP contribution in [0.2, 0.25) is 0 Å². The van der Waals surface area contributed by atoms with Crippen LogP contribution in [0.15, 0.2) is 90.6 Å². The molecule has 0 fully saturated rings. The molecule has 1 aromatic rings. The zero-order valence-corrected chi connectivity index (χ0v) is 26.5. The Morgan fingerprint density at radius 3 is 2.23 bits per heavy atom. The van der Waals surface area contributed by atoms with Gasteiger partial charge in [0.25, 0.3) is 0 Å². The molecule has 3 nitrogen and oxygen atoms in total. The summed E-state index contributed by atoms with van der Waals surface area (Å²) in [5, 5.41) is 13.7. The van der Waals surface area contributed by atoms with E-state index in [1.54, 1.807) is 19.9 Å². The SMILES string of the molecule is C#CC.C=C/C=C(\C=C/CC=CCc1cc(CCC2=CCC(C)C=C2)cc(C(C)(C)C)c1)C(C)=N.CC.N=CN. The third-order valence-corrected chi connectivity index (χ3v) is 5.83. The molecule has 3 heteroatoms. The van der Waals surface area contributed by atoms with Gasteiger partial charge in [-0.1, -0.05) is 127 Å². The molecule has 0 aliphatic heterocycles. The predicted molar refractivity (Wildman–Crippen MR) is 182 cm³/mol. The van der Waals surface area contributed by atoms with Crippen molar-refractivity contribution in [3.05, 3.63) is 107 Å². The Bertz CT molecular complexity index is 1080. The van der Waals surface area contributed by atoms with E-state index >= 15 is 0 Å². The lowest BCUT2D eigenvalue weighted by Crippen LogP contribution is -2.12. The summed E-state index contributed by atoms with van der Waals surface area (Å²) in [5.41, 5.74) is 11.7. The molecule has 0 saturated heterocycles. The molecule has 4 N–H and O–H groups in total. The Morgan fingerprint density at radius 1 is 1.12 bits per heavy atom. The van der Waals surface area contributed by atoms with Crippen LogP contribution in [0.4, 0.5) is 0 Å². The van der Waals surface area contributed by atoms with Crippen molar-refractivity contribution in [2.45, 2.75) is 92.9 Å². The van der Waals surface area contributed by atoms with Crippen molar-refractivity contribution in [3.63, 3.8) is 0 Å². The summed E-state index contributed by atoms with van der Waals surface area (Å²) in [6.45, 7) is 20.3. The van der Waals surface area contributed by atoms with Gasteiger partial charge in [0.1, 0.15) is 0 Å². The molecule has 0 saturated carbocycles. The minimum absolute atomic E-state index is 0.148. The molecule has 1 aromatic carbocycles. The Labute approximate surface area is 246 Å². The third kappa shape index (κ3) is 18.6. The number of nitrogens with one attached hydrogen (secondary N) is 2. The Hall–Kier alpha value is -3.64. The standard InChI is InChI=1S/C31H41N.C3H4.C2H6.CH4N2/c1-7-12-29(25(3)32)14-11-9-8-10-13-27-21-28(23-30(22-27)31(4,5)6)20-19-26-17-15-24(2)16-18-26;1-3-2;1-2;2-1-3/h7-8,10-12,14-15,17-18,21-24,32H,1,9,13,16,19-20H2,2-6H3;1H,2H3;1-2H3;1H,(H3,2,3)/b10-8?,14-11-,29-12+,32-25?;;;. The lowest BCUT2D eigenvalue weighted by atomic mass is 9.84. The van der Waals surface area contributed by atoms with Crippen LogP contribution in [-0.2, 0) is 18.3 Å². The molecule has 1 aliphatic carbocycles.